The molecule has 0 bridgehead atoms. The molecule has 9 heteroatoms. The van der Waals surface area contributed by atoms with Gasteiger partial charge in [-0.15, -0.1) is 11.3 Å². The summed E-state index contributed by atoms with van der Waals surface area (Å²) in [5, 5.41) is 1.91. The molecule has 5 nitrogen and oxygen atoms in total. The summed E-state index contributed by atoms with van der Waals surface area (Å²) in [5.74, 6) is -1.78. The summed E-state index contributed by atoms with van der Waals surface area (Å²) in [6.07, 6.45) is 2.35. The summed E-state index contributed by atoms with van der Waals surface area (Å²) in [4.78, 5) is 19.4. The van der Waals surface area contributed by atoms with Crippen molar-refractivity contribution in [2.75, 3.05) is 18.8 Å². The zero-order valence-corrected chi connectivity index (χ0v) is 15.5. The van der Waals surface area contributed by atoms with Crippen LogP contribution in [0, 0.1) is 0 Å². The van der Waals surface area contributed by atoms with Crippen molar-refractivity contribution in [3.8, 4) is 0 Å². The Morgan fingerprint density at radius 1 is 1.23 bits per heavy atom. The Morgan fingerprint density at radius 2 is 1.88 bits per heavy atom. The first-order valence-electron chi connectivity index (χ1n) is 9.16. The van der Waals surface area contributed by atoms with Crippen LogP contribution in [0.15, 0.2) is 5.38 Å². The monoisotopic (exact) mass is 390 g/mol. The van der Waals surface area contributed by atoms with Gasteiger partial charge in [0, 0.05) is 30.6 Å². The predicted octanol–water partition coefficient (Wildman–Crippen LogP) is 3.41. The summed E-state index contributed by atoms with van der Waals surface area (Å²) in [6.45, 7) is 1.35. The molecule has 0 radical (unpaired) electrons. The number of halogens is 3. The van der Waals surface area contributed by atoms with Crippen LogP contribution in [-0.4, -0.2) is 52.0 Å². The Morgan fingerprint density at radius 3 is 2.42 bits per heavy atom. The first kappa shape index (κ1) is 19.4. The van der Waals surface area contributed by atoms with E-state index in [0.29, 0.717) is 29.7 Å². The highest BCUT2D eigenvalue weighted by Crippen LogP contribution is 2.30. The molecule has 2 heterocycles. The van der Waals surface area contributed by atoms with Gasteiger partial charge in [-0.05, 0) is 25.7 Å². The van der Waals surface area contributed by atoms with E-state index in [1.165, 1.54) is 43.4 Å². The highest BCUT2D eigenvalue weighted by Gasteiger charge is 2.45. The molecule has 26 heavy (non-hydrogen) atoms. The molecule has 1 amide bonds. The molecule has 3 rings (SSSR count). The van der Waals surface area contributed by atoms with Crippen molar-refractivity contribution in [2.45, 2.75) is 69.8 Å². The van der Waals surface area contributed by atoms with Crippen LogP contribution in [0.1, 0.15) is 50.6 Å². The Labute approximate surface area is 155 Å². The standard InChI is InChI=1S/C17H25F3N4OS/c18-17(19,20)15(25)24(10-12-11-26-16(21)22-12)14-6-8-23(9-7-14)13-4-2-1-3-5-13/h11,13-14H,1-10H2,(H2,21,22). The molecule has 2 fully saturated rings. The Balaban J connectivity index is 1.66. The lowest BCUT2D eigenvalue weighted by Gasteiger charge is -2.42. The van der Waals surface area contributed by atoms with Gasteiger partial charge in [-0.1, -0.05) is 19.3 Å². The fourth-order valence-electron chi connectivity index (χ4n) is 4.11. The molecule has 1 saturated carbocycles. The van der Waals surface area contributed by atoms with Crippen molar-refractivity contribution in [2.24, 2.45) is 0 Å². The Hall–Kier alpha value is -1.35. The van der Waals surface area contributed by atoms with Gasteiger partial charge in [-0.25, -0.2) is 4.98 Å². The number of aromatic nitrogens is 1. The highest BCUT2D eigenvalue weighted by atomic mass is 32.1. The van der Waals surface area contributed by atoms with E-state index in [4.69, 9.17) is 5.73 Å². The van der Waals surface area contributed by atoms with Crippen LogP contribution in [-0.2, 0) is 11.3 Å². The molecule has 146 valence electrons. The quantitative estimate of drug-likeness (QED) is 0.856. The van der Waals surface area contributed by atoms with Gasteiger partial charge < -0.3 is 15.5 Å². The smallest absolute Gasteiger partial charge is 0.375 e. The zero-order valence-electron chi connectivity index (χ0n) is 14.7. The van der Waals surface area contributed by atoms with Gasteiger partial charge in [-0.2, -0.15) is 13.2 Å². The number of likely N-dealkylation sites (tertiary alicyclic amines) is 1. The van der Waals surface area contributed by atoms with E-state index >= 15 is 0 Å². The third kappa shape index (κ3) is 4.68. The summed E-state index contributed by atoms with van der Waals surface area (Å²) in [5.41, 5.74) is 5.99. The molecule has 1 aromatic heterocycles. The van der Waals surface area contributed by atoms with E-state index in [1.807, 2.05) is 0 Å². The molecule has 0 spiro atoms. The van der Waals surface area contributed by atoms with Gasteiger partial charge in [-0.3, -0.25) is 4.79 Å². The van der Waals surface area contributed by atoms with Crippen LogP contribution in [0.4, 0.5) is 18.3 Å². The van der Waals surface area contributed by atoms with Crippen LogP contribution in [0.2, 0.25) is 0 Å². The van der Waals surface area contributed by atoms with Gasteiger partial charge >= 0.3 is 12.1 Å². The average molecular weight is 390 g/mol. The van der Waals surface area contributed by atoms with E-state index in [2.05, 4.69) is 9.88 Å². The molecule has 2 N–H and O–H groups in total. The second-order valence-corrected chi connectivity index (χ2v) is 8.06. The molecule has 0 atom stereocenters. The second-order valence-electron chi connectivity index (χ2n) is 7.17. The van der Waals surface area contributed by atoms with Crippen LogP contribution >= 0.6 is 11.3 Å². The normalized spacial score (nSPS) is 21.0. The minimum absolute atomic E-state index is 0.139. The highest BCUT2D eigenvalue weighted by molar-refractivity contribution is 7.13. The minimum atomic E-state index is -4.87. The summed E-state index contributed by atoms with van der Waals surface area (Å²) in [7, 11) is 0. The Kier molecular flexibility index (Phi) is 6.06. The van der Waals surface area contributed by atoms with E-state index < -0.39 is 18.1 Å². The zero-order chi connectivity index (χ0) is 18.7. The lowest BCUT2D eigenvalue weighted by molar-refractivity contribution is -0.189. The molecule has 1 aliphatic heterocycles. The van der Waals surface area contributed by atoms with E-state index in [0.717, 1.165) is 18.0 Å². The number of thiazole rings is 1. The van der Waals surface area contributed by atoms with Gasteiger partial charge in [0.1, 0.15) is 0 Å². The third-order valence-corrected chi connectivity index (χ3v) is 6.16. The van der Waals surface area contributed by atoms with Crippen molar-refractivity contribution < 1.29 is 18.0 Å². The predicted molar refractivity (Wildman–Crippen MR) is 94.6 cm³/mol. The summed E-state index contributed by atoms with van der Waals surface area (Å²) in [6, 6.07) is 0.140. The van der Waals surface area contributed by atoms with Crippen molar-refractivity contribution in [3.63, 3.8) is 0 Å². The van der Waals surface area contributed by atoms with Gasteiger partial charge in [0.05, 0.1) is 12.2 Å². The number of hydrogen-bond donors (Lipinski definition) is 1. The first-order valence-corrected chi connectivity index (χ1v) is 10.0. The number of amides is 1. The fraction of sp³-hybridized carbons (Fsp3) is 0.765. The lowest BCUT2D eigenvalue weighted by Crippen LogP contribution is -2.52. The molecular formula is C17H25F3N4OS. The number of carbonyl (C=O) groups is 1. The van der Waals surface area contributed by atoms with Gasteiger partial charge in [0.15, 0.2) is 5.13 Å². The van der Waals surface area contributed by atoms with Crippen LogP contribution in [0.25, 0.3) is 0 Å². The van der Waals surface area contributed by atoms with Crippen molar-refractivity contribution in [3.05, 3.63) is 11.1 Å². The molecule has 0 unspecified atom stereocenters. The second kappa shape index (κ2) is 8.12. The van der Waals surface area contributed by atoms with E-state index in [9.17, 15) is 18.0 Å². The van der Waals surface area contributed by atoms with E-state index in [-0.39, 0.29) is 6.54 Å². The first-order chi connectivity index (χ1) is 12.3. The molecule has 1 saturated heterocycles. The van der Waals surface area contributed by atoms with Gasteiger partial charge in [0.2, 0.25) is 0 Å². The summed E-state index contributed by atoms with van der Waals surface area (Å²) < 4.78 is 39.3. The average Bonchev–Trinajstić information content (AvgIpc) is 3.04. The van der Waals surface area contributed by atoms with Crippen molar-refractivity contribution in [1.82, 2.24) is 14.8 Å². The largest absolute Gasteiger partial charge is 0.471 e. The number of alkyl halides is 3. The number of anilines is 1. The van der Waals surface area contributed by atoms with Gasteiger partial charge in [0.25, 0.3) is 0 Å². The van der Waals surface area contributed by atoms with Crippen LogP contribution < -0.4 is 5.73 Å². The SMILES string of the molecule is Nc1nc(CN(C(=O)C(F)(F)F)C2CCN(C3CCCCC3)CC2)cs1. The third-order valence-electron chi connectivity index (χ3n) is 5.44. The molecule has 0 aromatic carbocycles. The van der Waals surface area contributed by atoms with Crippen LogP contribution in [0.3, 0.4) is 0 Å². The Bertz CT molecular complexity index is 607. The molecule has 2 aliphatic rings. The number of piperidine rings is 1. The maximum Gasteiger partial charge on any atom is 0.471 e. The van der Waals surface area contributed by atoms with E-state index in [1.54, 1.807) is 5.38 Å². The van der Waals surface area contributed by atoms with Crippen molar-refractivity contribution >= 4 is 22.4 Å². The van der Waals surface area contributed by atoms with Crippen LogP contribution in [0.5, 0.6) is 0 Å². The van der Waals surface area contributed by atoms with Crippen molar-refractivity contribution in [1.29, 1.82) is 0 Å². The number of nitrogens with two attached hydrogens (primary N) is 1. The number of carbonyl (C=O) groups excluding carboxylic acids is 1. The number of rotatable bonds is 4. The maximum absolute atomic E-state index is 13.1. The maximum atomic E-state index is 13.1. The number of nitrogens with zero attached hydrogens (tertiary/aromatic N) is 3. The minimum Gasteiger partial charge on any atom is -0.375 e. The number of hydrogen-bond acceptors (Lipinski definition) is 5. The molecular weight excluding hydrogens is 365 g/mol. The number of nitrogen functional groups attached to an aromatic ring is 1. The topological polar surface area (TPSA) is 62.5 Å². The fourth-order valence-corrected chi connectivity index (χ4v) is 4.66. The summed E-state index contributed by atoms with van der Waals surface area (Å²) >= 11 is 1.17. The molecule has 1 aliphatic carbocycles. The molecule has 1 aromatic rings. The lowest BCUT2D eigenvalue weighted by atomic mass is 9.91.